The minimum Gasteiger partial charge on any atom is -0.375 e. The average Bonchev–Trinajstić information content (AvgIpc) is 3.15. The zero-order valence-electron chi connectivity index (χ0n) is 14.7. The summed E-state index contributed by atoms with van der Waals surface area (Å²) >= 11 is 1.44. The maximum Gasteiger partial charge on any atom is 0.260 e. The lowest BCUT2D eigenvalue weighted by Crippen LogP contribution is -2.46. The van der Waals surface area contributed by atoms with Crippen molar-refractivity contribution in [1.82, 2.24) is 14.9 Å². The molecule has 0 atom stereocenters. The highest BCUT2D eigenvalue weighted by Gasteiger charge is 2.41. The van der Waals surface area contributed by atoms with Gasteiger partial charge in [0.15, 0.2) is 5.13 Å². The number of nitrogens with zero attached hydrogens (tertiary/aromatic N) is 2. The fraction of sp³-hybridized carbons (Fsp3) is 0.250. The van der Waals surface area contributed by atoms with Crippen LogP contribution in [0, 0.1) is 0 Å². The molecular weight excluding hydrogens is 360 g/mol. The van der Waals surface area contributed by atoms with E-state index in [1.54, 1.807) is 17.0 Å². The van der Waals surface area contributed by atoms with Crippen molar-refractivity contribution in [2.75, 3.05) is 18.8 Å². The summed E-state index contributed by atoms with van der Waals surface area (Å²) in [4.78, 5) is 33.6. The summed E-state index contributed by atoms with van der Waals surface area (Å²) in [7, 11) is 0. The summed E-state index contributed by atoms with van der Waals surface area (Å²) in [5, 5.41) is 2.57. The second-order valence-corrected chi connectivity index (χ2v) is 7.61. The zero-order chi connectivity index (χ0) is 18.9. The lowest BCUT2D eigenvalue weighted by molar-refractivity contribution is 0.0682. The Morgan fingerprint density at radius 1 is 1.15 bits per heavy atom. The Labute approximate surface area is 160 Å². The Kier molecular flexibility index (Phi) is 4.53. The predicted octanol–water partition coefficient (Wildman–Crippen LogP) is 2.64. The predicted molar refractivity (Wildman–Crippen MR) is 106 cm³/mol. The Morgan fingerprint density at radius 2 is 1.89 bits per heavy atom. The van der Waals surface area contributed by atoms with Gasteiger partial charge in [0.1, 0.15) is 5.56 Å². The van der Waals surface area contributed by atoms with Crippen molar-refractivity contribution in [2.24, 2.45) is 0 Å². The zero-order valence-corrected chi connectivity index (χ0v) is 15.5. The number of H-pyrrole nitrogens is 1. The summed E-state index contributed by atoms with van der Waals surface area (Å²) in [6, 6.07) is 13.5. The second kappa shape index (κ2) is 7.00. The van der Waals surface area contributed by atoms with Crippen molar-refractivity contribution < 1.29 is 4.79 Å². The van der Waals surface area contributed by atoms with Crippen molar-refractivity contribution in [3.63, 3.8) is 0 Å². The average molecular weight is 380 g/mol. The number of nitrogens with two attached hydrogens (primary N) is 1. The van der Waals surface area contributed by atoms with E-state index in [9.17, 15) is 9.59 Å². The van der Waals surface area contributed by atoms with Crippen LogP contribution in [0.1, 0.15) is 34.5 Å². The molecule has 0 spiro atoms. The monoisotopic (exact) mass is 380 g/mol. The summed E-state index contributed by atoms with van der Waals surface area (Å²) in [5.74, 6) is -0.226. The SMILES string of the molecule is Nc1nc(C2(c3ccccc3)CCN(C(=O)c3ccc[nH]c3=O)CC2)cs1. The first kappa shape index (κ1) is 17.5. The van der Waals surface area contributed by atoms with Gasteiger partial charge in [-0.15, -0.1) is 11.3 Å². The molecule has 2 aromatic heterocycles. The smallest absolute Gasteiger partial charge is 0.260 e. The molecule has 0 radical (unpaired) electrons. The van der Waals surface area contributed by atoms with E-state index in [0.717, 1.165) is 18.5 Å². The molecule has 1 aliphatic rings. The number of pyridine rings is 1. The van der Waals surface area contributed by atoms with E-state index in [0.29, 0.717) is 18.2 Å². The van der Waals surface area contributed by atoms with Crippen LogP contribution in [0.25, 0.3) is 0 Å². The van der Waals surface area contributed by atoms with Crippen molar-refractivity contribution in [1.29, 1.82) is 0 Å². The number of carbonyl (C=O) groups is 1. The third kappa shape index (κ3) is 3.14. The number of hydrogen-bond acceptors (Lipinski definition) is 5. The van der Waals surface area contributed by atoms with Crippen LogP contribution in [0.2, 0.25) is 0 Å². The normalized spacial score (nSPS) is 16.2. The molecule has 7 heteroatoms. The molecule has 1 aromatic carbocycles. The molecule has 3 aromatic rings. The molecule has 1 amide bonds. The van der Waals surface area contributed by atoms with Gasteiger partial charge in [-0.2, -0.15) is 0 Å². The summed E-state index contributed by atoms with van der Waals surface area (Å²) in [6.45, 7) is 1.11. The van der Waals surface area contributed by atoms with Crippen LogP contribution in [-0.2, 0) is 5.41 Å². The molecule has 0 saturated carbocycles. The molecule has 1 aliphatic heterocycles. The van der Waals surface area contributed by atoms with Gasteiger partial charge in [-0.25, -0.2) is 4.98 Å². The number of anilines is 1. The highest BCUT2D eigenvalue weighted by atomic mass is 32.1. The van der Waals surface area contributed by atoms with Gasteiger partial charge in [0.25, 0.3) is 11.5 Å². The molecule has 3 heterocycles. The number of thiazole rings is 1. The first-order valence-electron chi connectivity index (χ1n) is 8.84. The van der Waals surface area contributed by atoms with Crippen molar-refractivity contribution in [2.45, 2.75) is 18.3 Å². The molecule has 27 heavy (non-hydrogen) atoms. The Morgan fingerprint density at radius 3 is 2.52 bits per heavy atom. The summed E-state index contributed by atoms with van der Waals surface area (Å²) in [5.41, 5.74) is 7.60. The first-order valence-corrected chi connectivity index (χ1v) is 9.72. The fourth-order valence-electron chi connectivity index (χ4n) is 3.81. The minimum absolute atomic E-state index is 0.183. The van der Waals surface area contributed by atoms with Crippen molar-refractivity contribution >= 4 is 22.4 Å². The van der Waals surface area contributed by atoms with E-state index in [2.05, 4.69) is 22.1 Å². The Hall–Kier alpha value is -2.93. The van der Waals surface area contributed by atoms with Crippen molar-refractivity contribution in [3.8, 4) is 0 Å². The summed E-state index contributed by atoms with van der Waals surface area (Å²) in [6.07, 6.45) is 3.00. The minimum atomic E-state index is -0.352. The Balaban J connectivity index is 1.63. The number of aromatic amines is 1. The van der Waals surface area contributed by atoms with Crippen LogP contribution >= 0.6 is 11.3 Å². The molecule has 1 saturated heterocycles. The fourth-order valence-corrected chi connectivity index (χ4v) is 4.47. The summed E-state index contributed by atoms with van der Waals surface area (Å²) < 4.78 is 0. The molecule has 0 unspecified atom stereocenters. The quantitative estimate of drug-likeness (QED) is 0.731. The maximum atomic E-state index is 12.8. The van der Waals surface area contributed by atoms with Crippen LogP contribution in [0.15, 0.2) is 58.8 Å². The van der Waals surface area contributed by atoms with E-state index >= 15 is 0 Å². The van der Waals surface area contributed by atoms with Crippen LogP contribution < -0.4 is 11.3 Å². The van der Waals surface area contributed by atoms with Gasteiger partial charge in [-0.1, -0.05) is 30.3 Å². The van der Waals surface area contributed by atoms with E-state index in [-0.39, 0.29) is 22.4 Å². The molecule has 0 aliphatic carbocycles. The largest absolute Gasteiger partial charge is 0.375 e. The molecule has 1 fully saturated rings. The number of likely N-dealkylation sites (tertiary alicyclic amines) is 1. The number of benzene rings is 1. The number of aromatic nitrogens is 2. The highest BCUT2D eigenvalue weighted by Crippen LogP contribution is 2.42. The lowest BCUT2D eigenvalue weighted by Gasteiger charge is -2.41. The van der Waals surface area contributed by atoms with Crippen LogP contribution in [-0.4, -0.2) is 33.9 Å². The van der Waals surface area contributed by atoms with E-state index in [1.807, 2.05) is 23.6 Å². The topological polar surface area (TPSA) is 92.1 Å². The highest BCUT2D eigenvalue weighted by molar-refractivity contribution is 7.13. The number of rotatable bonds is 3. The van der Waals surface area contributed by atoms with Gasteiger partial charge in [-0.3, -0.25) is 9.59 Å². The molecule has 4 rings (SSSR count). The van der Waals surface area contributed by atoms with Gasteiger partial charge in [0.2, 0.25) is 0 Å². The molecule has 3 N–H and O–H groups in total. The maximum absolute atomic E-state index is 12.8. The number of nitrogen functional groups attached to an aromatic ring is 1. The molecular formula is C20H20N4O2S. The van der Waals surface area contributed by atoms with Gasteiger partial charge >= 0.3 is 0 Å². The molecule has 138 valence electrons. The number of nitrogens with one attached hydrogen (secondary N) is 1. The number of piperidine rings is 1. The van der Waals surface area contributed by atoms with Crippen LogP contribution in [0.4, 0.5) is 5.13 Å². The Bertz CT molecular complexity index is 1000. The number of amides is 1. The van der Waals surface area contributed by atoms with Gasteiger partial charge < -0.3 is 15.6 Å². The van der Waals surface area contributed by atoms with Gasteiger partial charge in [0, 0.05) is 30.1 Å². The second-order valence-electron chi connectivity index (χ2n) is 6.72. The van der Waals surface area contributed by atoms with Crippen LogP contribution in [0.3, 0.4) is 0 Å². The number of carbonyl (C=O) groups excluding carboxylic acids is 1. The number of hydrogen-bond donors (Lipinski definition) is 2. The van der Waals surface area contributed by atoms with Crippen molar-refractivity contribution in [3.05, 3.63) is 81.2 Å². The van der Waals surface area contributed by atoms with Gasteiger partial charge in [0.05, 0.1) is 5.69 Å². The molecule has 0 bridgehead atoms. The van der Waals surface area contributed by atoms with E-state index in [1.165, 1.54) is 23.1 Å². The van der Waals surface area contributed by atoms with E-state index in [4.69, 9.17) is 5.73 Å². The van der Waals surface area contributed by atoms with Crippen LogP contribution in [0.5, 0.6) is 0 Å². The lowest BCUT2D eigenvalue weighted by atomic mass is 9.70. The third-order valence-electron chi connectivity index (χ3n) is 5.29. The molecule has 6 nitrogen and oxygen atoms in total. The van der Waals surface area contributed by atoms with Gasteiger partial charge in [-0.05, 0) is 30.5 Å². The standard InChI is InChI=1S/C20H20N4O2S/c21-19-23-16(13-27-19)20(14-5-2-1-3-6-14)8-11-24(12-9-20)18(26)15-7-4-10-22-17(15)25/h1-7,10,13H,8-9,11-12H2,(H2,21,23)(H,22,25). The van der Waals surface area contributed by atoms with E-state index < -0.39 is 0 Å². The third-order valence-corrected chi connectivity index (χ3v) is 5.97. The first-order chi connectivity index (χ1) is 13.1.